The summed E-state index contributed by atoms with van der Waals surface area (Å²) in [5.41, 5.74) is 9.43. The van der Waals surface area contributed by atoms with Gasteiger partial charge in [0.1, 0.15) is 6.04 Å². The molecule has 0 fully saturated rings. The largest absolute Gasteiger partial charge is 0.478 e. The summed E-state index contributed by atoms with van der Waals surface area (Å²) in [7, 11) is 0. The minimum Gasteiger partial charge on any atom is -0.478 e. The van der Waals surface area contributed by atoms with Crippen LogP contribution >= 0.6 is 0 Å². The molecule has 0 aliphatic rings. The van der Waals surface area contributed by atoms with Crippen LogP contribution in [0.15, 0.2) is 24.3 Å². The Morgan fingerprint density at radius 1 is 1.16 bits per heavy atom. The van der Waals surface area contributed by atoms with E-state index in [1.807, 2.05) is 6.92 Å². The normalized spacial score (nSPS) is 13.9. The quantitative estimate of drug-likeness (QED) is 0.542. The lowest BCUT2D eigenvalue weighted by Gasteiger charge is -2.23. The van der Waals surface area contributed by atoms with Crippen LogP contribution < -0.4 is 26.6 Å². The number of hydrazine groups is 1. The molecule has 3 atom stereocenters. The second-order valence-corrected chi connectivity index (χ2v) is 5.54. The topological polar surface area (TPSA) is 123 Å². The van der Waals surface area contributed by atoms with E-state index in [-0.39, 0.29) is 11.7 Å². The van der Waals surface area contributed by atoms with E-state index < -0.39 is 35.8 Å². The van der Waals surface area contributed by atoms with Crippen LogP contribution in [0.5, 0.6) is 5.75 Å². The fraction of sp³-hybridized carbons (Fsp3) is 0.438. The maximum Gasteiger partial charge on any atom is 0.312 e. The Kier molecular flexibility index (Phi) is 7.64. The van der Waals surface area contributed by atoms with Crippen LogP contribution in [-0.4, -0.2) is 30.0 Å². The first-order valence-electron chi connectivity index (χ1n) is 7.83. The van der Waals surface area contributed by atoms with E-state index in [9.17, 15) is 18.8 Å². The van der Waals surface area contributed by atoms with Crippen LogP contribution in [0.4, 0.5) is 9.18 Å². The van der Waals surface area contributed by atoms with Gasteiger partial charge in [-0.25, -0.2) is 9.18 Å². The summed E-state index contributed by atoms with van der Waals surface area (Å²) in [5, 5.41) is 2.33. The van der Waals surface area contributed by atoms with E-state index in [2.05, 4.69) is 16.2 Å². The number of urea groups is 1. The third-order valence-electron chi connectivity index (χ3n) is 3.61. The summed E-state index contributed by atoms with van der Waals surface area (Å²) >= 11 is 0. The Morgan fingerprint density at radius 3 is 2.32 bits per heavy atom. The lowest BCUT2D eigenvalue weighted by atomic mass is 9.99. The number of hydrogen-bond donors (Lipinski definition) is 4. The monoisotopic (exact) mass is 354 g/mol. The average molecular weight is 354 g/mol. The molecule has 1 aromatic rings. The maximum atomic E-state index is 13.5. The van der Waals surface area contributed by atoms with Gasteiger partial charge in [-0.05, 0) is 25.0 Å². The molecule has 4 amide bonds. The molecule has 0 bridgehead atoms. The van der Waals surface area contributed by atoms with Crippen molar-refractivity contribution in [2.75, 3.05) is 0 Å². The summed E-state index contributed by atoms with van der Waals surface area (Å²) in [6.07, 6.45) is -0.442. The van der Waals surface area contributed by atoms with Crippen molar-refractivity contribution in [3.05, 3.63) is 30.1 Å². The van der Waals surface area contributed by atoms with Crippen LogP contribution in [0.1, 0.15) is 27.2 Å². The van der Waals surface area contributed by atoms with Crippen molar-refractivity contribution in [2.24, 2.45) is 11.7 Å². The molecule has 138 valence electrons. The van der Waals surface area contributed by atoms with Crippen molar-refractivity contribution < 1.29 is 23.5 Å². The number of amides is 4. The van der Waals surface area contributed by atoms with Gasteiger partial charge in [0.15, 0.2) is 17.7 Å². The van der Waals surface area contributed by atoms with Gasteiger partial charge >= 0.3 is 6.03 Å². The van der Waals surface area contributed by atoms with Crippen molar-refractivity contribution >= 4 is 17.8 Å². The predicted molar refractivity (Wildman–Crippen MR) is 88.7 cm³/mol. The number of benzene rings is 1. The van der Waals surface area contributed by atoms with Crippen LogP contribution in [0.3, 0.4) is 0 Å². The van der Waals surface area contributed by atoms with Gasteiger partial charge in [0.25, 0.3) is 11.8 Å². The number of para-hydroxylation sites is 1. The minimum atomic E-state index is -1.05. The molecule has 0 saturated heterocycles. The fourth-order valence-corrected chi connectivity index (χ4v) is 1.94. The lowest BCUT2D eigenvalue weighted by molar-refractivity contribution is -0.133. The van der Waals surface area contributed by atoms with Crippen molar-refractivity contribution in [3.8, 4) is 5.75 Å². The molecule has 0 radical (unpaired) electrons. The zero-order chi connectivity index (χ0) is 19.0. The van der Waals surface area contributed by atoms with Crippen LogP contribution in [0, 0.1) is 11.7 Å². The molecular formula is C16H23FN4O4. The minimum absolute atomic E-state index is 0.0793. The second-order valence-electron chi connectivity index (χ2n) is 5.54. The van der Waals surface area contributed by atoms with Crippen molar-refractivity contribution in [3.63, 3.8) is 0 Å². The van der Waals surface area contributed by atoms with Gasteiger partial charge in [0, 0.05) is 0 Å². The molecule has 8 nitrogen and oxygen atoms in total. The highest BCUT2D eigenvalue weighted by atomic mass is 19.1. The first kappa shape index (κ1) is 20.2. The predicted octanol–water partition coefficient (Wildman–Crippen LogP) is 0.823. The number of ether oxygens (including phenoxy) is 1. The van der Waals surface area contributed by atoms with Crippen molar-refractivity contribution in [1.29, 1.82) is 0 Å². The molecule has 0 spiro atoms. The number of nitrogens with two attached hydrogens (primary N) is 1. The molecule has 9 heteroatoms. The van der Waals surface area contributed by atoms with Gasteiger partial charge < -0.3 is 15.8 Å². The Hall–Kier alpha value is -2.84. The number of carbonyl (C=O) groups excluding carboxylic acids is 3. The standard InChI is InChI=1S/C16H23FN4O4/c1-4-9(2)13(19-16(18)24)15(23)21-20-14(22)10(3)25-12-8-6-5-7-11(12)17/h5-10,13H,4H2,1-3H3,(H,20,22)(H,21,23)(H3,18,19,24)/t9-,10+,13-/m0/s1. The molecule has 0 aliphatic heterocycles. The molecular weight excluding hydrogens is 331 g/mol. The zero-order valence-electron chi connectivity index (χ0n) is 14.3. The van der Waals surface area contributed by atoms with E-state index in [1.165, 1.54) is 25.1 Å². The Balaban J connectivity index is 2.59. The number of rotatable bonds is 7. The van der Waals surface area contributed by atoms with Gasteiger partial charge in [-0.1, -0.05) is 32.4 Å². The molecule has 5 N–H and O–H groups in total. The van der Waals surface area contributed by atoms with E-state index in [4.69, 9.17) is 10.5 Å². The SMILES string of the molecule is CC[C@H](C)[C@H](NC(N)=O)C(=O)NNC(=O)[C@@H](C)Oc1ccccc1F. The van der Waals surface area contributed by atoms with Crippen molar-refractivity contribution in [2.45, 2.75) is 39.3 Å². The summed E-state index contributed by atoms with van der Waals surface area (Å²) in [6.45, 7) is 5.00. The molecule has 1 aromatic carbocycles. The molecule has 0 saturated carbocycles. The Morgan fingerprint density at radius 2 is 1.76 bits per heavy atom. The summed E-state index contributed by atoms with van der Waals surface area (Å²) < 4.78 is 18.7. The van der Waals surface area contributed by atoms with E-state index in [1.54, 1.807) is 13.0 Å². The molecule has 0 heterocycles. The third-order valence-corrected chi connectivity index (χ3v) is 3.61. The Labute approximate surface area is 145 Å². The van der Waals surface area contributed by atoms with Gasteiger partial charge in [0.05, 0.1) is 0 Å². The first-order valence-corrected chi connectivity index (χ1v) is 7.83. The summed E-state index contributed by atoms with van der Waals surface area (Å²) in [5.74, 6) is -2.19. The first-order chi connectivity index (χ1) is 11.8. The van der Waals surface area contributed by atoms with Crippen molar-refractivity contribution in [1.82, 2.24) is 16.2 Å². The molecule has 1 rings (SSSR count). The van der Waals surface area contributed by atoms with E-state index in [0.717, 1.165) is 0 Å². The lowest BCUT2D eigenvalue weighted by Crippen LogP contribution is -2.57. The maximum absolute atomic E-state index is 13.5. The van der Waals surface area contributed by atoms with Crippen LogP contribution in [0.25, 0.3) is 0 Å². The Bertz CT molecular complexity index is 626. The summed E-state index contributed by atoms with van der Waals surface area (Å²) in [6, 6.07) is 3.90. The number of halogens is 1. The van der Waals surface area contributed by atoms with Crippen LogP contribution in [0.2, 0.25) is 0 Å². The van der Waals surface area contributed by atoms with E-state index >= 15 is 0 Å². The third kappa shape index (κ3) is 6.28. The highest BCUT2D eigenvalue weighted by molar-refractivity contribution is 5.89. The summed E-state index contributed by atoms with van der Waals surface area (Å²) in [4.78, 5) is 35.1. The van der Waals surface area contributed by atoms with Crippen LogP contribution in [-0.2, 0) is 9.59 Å². The number of carbonyl (C=O) groups is 3. The zero-order valence-corrected chi connectivity index (χ0v) is 14.3. The highest BCUT2D eigenvalue weighted by Gasteiger charge is 2.26. The molecule has 25 heavy (non-hydrogen) atoms. The molecule has 0 aromatic heterocycles. The number of primary amides is 1. The smallest absolute Gasteiger partial charge is 0.312 e. The second kappa shape index (κ2) is 9.45. The van der Waals surface area contributed by atoms with Gasteiger partial charge in [-0.3, -0.25) is 20.4 Å². The van der Waals surface area contributed by atoms with Gasteiger partial charge in [0.2, 0.25) is 0 Å². The molecule has 0 unspecified atom stereocenters. The van der Waals surface area contributed by atoms with E-state index in [0.29, 0.717) is 6.42 Å². The number of hydrogen-bond acceptors (Lipinski definition) is 4. The van der Waals surface area contributed by atoms with Gasteiger partial charge in [-0.15, -0.1) is 0 Å². The highest BCUT2D eigenvalue weighted by Crippen LogP contribution is 2.16. The van der Waals surface area contributed by atoms with Gasteiger partial charge in [-0.2, -0.15) is 0 Å². The average Bonchev–Trinajstić information content (AvgIpc) is 2.58. The number of nitrogens with one attached hydrogen (secondary N) is 3. The molecule has 0 aliphatic carbocycles. The fourth-order valence-electron chi connectivity index (χ4n) is 1.94.